The lowest BCUT2D eigenvalue weighted by Gasteiger charge is -2.18. The van der Waals surface area contributed by atoms with Crippen LogP contribution in [0.4, 0.5) is 4.79 Å². The number of urea groups is 1. The van der Waals surface area contributed by atoms with Crippen molar-refractivity contribution in [3.63, 3.8) is 0 Å². The molecule has 0 aromatic carbocycles. The number of carbonyl (C=O) groups is 2. The van der Waals surface area contributed by atoms with Crippen LogP contribution in [0.25, 0.3) is 0 Å². The van der Waals surface area contributed by atoms with Crippen molar-refractivity contribution in [2.24, 2.45) is 5.92 Å². The van der Waals surface area contributed by atoms with E-state index in [2.05, 4.69) is 10.6 Å². The Kier molecular flexibility index (Phi) is 5.15. The summed E-state index contributed by atoms with van der Waals surface area (Å²) in [5.74, 6) is -1.18. The first kappa shape index (κ1) is 14.5. The average molecular weight is 270 g/mol. The SMILES string of the molecule is Cc1ccc(CNC(=O)N[C@H](C(=O)O)C(C)C)s1. The van der Waals surface area contributed by atoms with E-state index in [1.165, 1.54) is 4.88 Å². The summed E-state index contributed by atoms with van der Waals surface area (Å²) < 4.78 is 0. The molecule has 0 spiro atoms. The lowest BCUT2D eigenvalue weighted by Crippen LogP contribution is -2.48. The highest BCUT2D eigenvalue weighted by molar-refractivity contribution is 7.11. The van der Waals surface area contributed by atoms with E-state index in [4.69, 9.17) is 5.11 Å². The summed E-state index contributed by atoms with van der Waals surface area (Å²) in [5, 5.41) is 14.0. The number of aryl methyl sites for hydroxylation is 1. The van der Waals surface area contributed by atoms with E-state index in [0.717, 1.165) is 4.88 Å². The third kappa shape index (κ3) is 4.37. The van der Waals surface area contributed by atoms with Gasteiger partial charge >= 0.3 is 12.0 Å². The molecule has 0 fully saturated rings. The van der Waals surface area contributed by atoms with Gasteiger partial charge in [-0.05, 0) is 25.0 Å². The molecule has 1 rings (SSSR count). The Bertz CT molecular complexity index is 429. The zero-order chi connectivity index (χ0) is 13.7. The highest BCUT2D eigenvalue weighted by Crippen LogP contribution is 2.14. The lowest BCUT2D eigenvalue weighted by molar-refractivity contribution is -0.140. The van der Waals surface area contributed by atoms with Gasteiger partial charge in [0.25, 0.3) is 0 Å². The van der Waals surface area contributed by atoms with E-state index in [1.54, 1.807) is 25.2 Å². The van der Waals surface area contributed by atoms with Crippen molar-refractivity contribution in [1.82, 2.24) is 10.6 Å². The van der Waals surface area contributed by atoms with E-state index >= 15 is 0 Å². The summed E-state index contributed by atoms with van der Waals surface area (Å²) >= 11 is 1.60. The largest absolute Gasteiger partial charge is 0.480 e. The molecule has 6 heteroatoms. The Balaban J connectivity index is 2.43. The molecule has 100 valence electrons. The van der Waals surface area contributed by atoms with Gasteiger partial charge in [0.1, 0.15) is 6.04 Å². The molecule has 0 aliphatic carbocycles. The Hall–Kier alpha value is -1.56. The Morgan fingerprint density at radius 1 is 1.39 bits per heavy atom. The minimum absolute atomic E-state index is 0.155. The van der Waals surface area contributed by atoms with Crippen LogP contribution in [0, 0.1) is 12.8 Å². The molecule has 2 amide bonds. The second-order valence-corrected chi connectivity index (χ2v) is 5.77. The maximum Gasteiger partial charge on any atom is 0.326 e. The van der Waals surface area contributed by atoms with Crippen molar-refractivity contribution < 1.29 is 14.7 Å². The summed E-state index contributed by atoms with van der Waals surface area (Å²) in [6.45, 7) is 5.91. The Morgan fingerprint density at radius 2 is 2.06 bits per heavy atom. The van der Waals surface area contributed by atoms with Gasteiger partial charge in [0.05, 0.1) is 6.54 Å². The van der Waals surface area contributed by atoms with E-state index in [1.807, 2.05) is 19.1 Å². The summed E-state index contributed by atoms with van der Waals surface area (Å²) in [4.78, 5) is 24.7. The van der Waals surface area contributed by atoms with Crippen molar-refractivity contribution in [2.75, 3.05) is 0 Å². The maximum atomic E-state index is 11.6. The predicted octanol–water partition coefficient (Wildman–Crippen LogP) is 1.96. The lowest BCUT2D eigenvalue weighted by atomic mass is 10.1. The number of hydrogen-bond donors (Lipinski definition) is 3. The van der Waals surface area contributed by atoms with Crippen molar-refractivity contribution >= 4 is 23.3 Å². The number of amides is 2. The van der Waals surface area contributed by atoms with E-state index < -0.39 is 18.0 Å². The third-order valence-electron chi connectivity index (χ3n) is 2.44. The standard InChI is InChI=1S/C12H18N2O3S/c1-7(2)10(11(15)16)14-12(17)13-6-9-5-4-8(3)18-9/h4-5,7,10H,6H2,1-3H3,(H,15,16)(H2,13,14,17)/t10-/m0/s1. The van der Waals surface area contributed by atoms with E-state index in [0.29, 0.717) is 6.54 Å². The highest BCUT2D eigenvalue weighted by atomic mass is 32.1. The molecular weight excluding hydrogens is 252 g/mol. The van der Waals surface area contributed by atoms with Gasteiger partial charge in [0.15, 0.2) is 0 Å². The first-order chi connectivity index (χ1) is 8.40. The van der Waals surface area contributed by atoms with Crippen molar-refractivity contribution in [2.45, 2.75) is 33.4 Å². The fraction of sp³-hybridized carbons (Fsp3) is 0.500. The Labute approximate surface area is 110 Å². The summed E-state index contributed by atoms with van der Waals surface area (Å²) in [7, 11) is 0. The summed E-state index contributed by atoms with van der Waals surface area (Å²) in [6.07, 6.45) is 0. The number of carbonyl (C=O) groups excluding carboxylic acids is 1. The van der Waals surface area contributed by atoms with Gasteiger partial charge in [-0.1, -0.05) is 13.8 Å². The normalized spacial score (nSPS) is 12.2. The van der Waals surface area contributed by atoms with Crippen LogP contribution in [0.3, 0.4) is 0 Å². The number of nitrogens with one attached hydrogen (secondary N) is 2. The van der Waals surface area contributed by atoms with Crippen LogP contribution < -0.4 is 10.6 Å². The first-order valence-corrected chi connectivity index (χ1v) is 6.54. The van der Waals surface area contributed by atoms with Gasteiger partial charge in [-0.3, -0.25) is 0 Å². The fourth-order valence-electron chi connectivity index (χ4n) is 1.45. The predicted molar refractivity (Wildman–Crippen MR) is 70.7 cm³/mol. The van der Waals surface area contributed by atoms with E-state index in [9.17, 15) is 9.59 Å². The topological polar surface area (TPSA) is 78.4 Å². The molecule has 1 atom stereocenters. The fourth-order valence-corrected chi connectivity index (χ4v) is 2.28. The van der Waals surface area contributed by atoms with Crippen LogP contribution in [0.1, 0.15) is 23.6 Å². The second kappa shape index (κ2) is 6.39. The second-order valence-electron chi connectivity index (χ2n) is 4.40. The molecule has 5 nitrogen and oxygen atoms in total. The van der Waals surface area contributed by atoms with Gasteiger partial charge in [-0.15, -0.1) is 11.3 Å². The van der Waals surface area contributed by atoms with E-state index in [-0.39, 0.29) is 5.92 Å². The molecule has 3 N–H and O–H groups in total. The van der Waals surface area contributed by atoms with Crippen LogP contribution >= 0.6 is 11.3 Å². The minimum atomic E-state index is -1.02. The quantitative estimate of drug-likeness (QED) is 0.765. The molecule has 0 saturated carbocycles. The Morgan fingerprint density at radius 3 is 2.50 bits per heavy atom. The number of thiophene rings is 1. The van der Waals surface area contributed by atoms with Crippen LogP contribution in [-0.2, 0) is 11.3 Å². The molecule has 1 aromatic heterocycles. The number of carboxylic acids is 1. The number of rotatable bonds is 5. The smallest absolute Gasteiger partial charge is 0.326 e. The monoisotopic (exact) mass is 270 g/mol. The van der Waals surface area contributed by atoms with Gasteiger partial charge in [-0.2, -0.15) is 0 Å². The molecule has 0 bridgehead atoms. The van der Waals surface area contributed by atoms with Crippen molar-refractivity contribution in [1.29, 1.82) is 0 Å². The summed E-state index contributed by atoms with van der Waals surface area (Å²) in [5.41, 5.74) is 0. The van der Waals surface area contributed by atoms with Crippen molar-refractivity contribution in [3.05, 3.63) is 21.9 Å². The van der Waals surface area contributed by atoms with Crippen molar-refractivity contribution in [3.8, 4) is 0 Å². The molecule has 0 aliphatic heterocycles. The third-order valence-corrected chi connectivity index (χ3v) is 3.44. The van der Waals surface area contributed by atoms with Gasteiger partial charge < -0.3 is 15.7 Å². The number of carboxylic acid groups (broad SMARTS) is 1. The minimum Gasteiger partial charge on any atom is -0.480 e. The maximum absolute atomic E-state index is 11.6. The van der Waals surface area contributed by atoms with Crippen LogP contribution in [0.15, 0.2) is 12.1 Å². The molecule has 0 saturated heterocycles. The summed E-state index contributed by atoms with van der Waals surface area (Å²) in [6, 6.07) is 2.60. The molecular formula is C12H18N2O3S. The molecule has 1 aromatic rings. The van der Waals surface area contributed by atoms with Gasteiger partial charge in [0.2, 0.25) is 0 Å². The molecule has 0 radical (unpaired) electrons. The zero-order valence-electron chi connectivity index (χ0n) is 10.7. The van der Waals surface area contributed by atoms with Crippen LogP contribution in [-0.4, -0.2) is 23.1 Å². The molecule has 0 unspecified atom stereocenters. The molecule has 18 heavy (non-hydrogen) atoms. The van der Waals surface area contributed by atoms with Gasteiger partial charge in [-0.25, -0.2) is 9.59 Å². The van der Waals surface area contributed by atoms with Crippen LogP contribution in [0.2, 0.25) is 0 Å². The molecule has 1 heterocycles. The first-order valence-electron chi connectivity index (χ1n) is 5.72. The average Bonchev–Trinajstić information content (AvgIpc) is 2.68. The van der Waals surface area contributed by atoms with Gasteiger partial charge in [0, 0.05) is 9.75 Å². The highest BCUT2D eigenvalue weighted by Gasteiger charge is 2.23. The van der Waals surface area contributed by atoms with Crippen LogP contribution in [0.5, 0.6) is 0 Å². The molecule has 0 aliphatic rings. The number of aliphatic carboxylic acids is 1. The number of hydrogen-bond acceptors (Lipinski definition) is 3. The zero-order valence-corrected chi connectivity index (χ0v) is 11.5.